The van der Waals surface area contributed by atoms with Gasteiger partial charge in [0.15, 0.2) is 5.82 Å². The molecule has 158 valence electrons. The maximum Gasteiger partial charge on any atom is 0.233 e. The zero-order chi connectivity index (χ0) is 21.7. The predicted octanol–water partition coefficient (Wildman–Crippen LogP) is 3.59. The van der Waals surface area contributed by atoms with Crippen molar-refractivity contribution in [2.24, 2.45) is 0 Å². The van der Waals surface area contributed by atoms with Crippen LogP contribution < -0.4 is 10.6 Å². The average Bonchev–Trinajstić information content (AvgIpc) is 3.05. The van der Waals surface area contributed by atoms with Crippen LogP contribution in [0, 0.1) is 13.8 Å². The molecular formula is C21H24ClN5O2S. The second-order valence-corrected chi connectivity index (χ2v) is 8.33. The Morgan fingerprint density at radius 2 is 1.90 bits per heavy atom. The number of nitrogen functional groups attached to an aromatic ring is 1. The zero-order valence-corrected chi connectivity index (χ0v) is 18.7. The molecule has 7 nitrogen and oxygen atoms in total. The minimum atomic E-state index is -0.0451. The van der Waals surface area contributed by atoms with Gasteiger partial charge in [0.05, 0.1) is 5.75 Å². The van der Waals surface area contributed by atoms with Crippen LogP contribution in [0.1, 0.15) is 22.5 Å². The lowest BCUT2D eigenvalue weighted by atomic mass is 10.1. The largest absolute Gasteiger partial charge is 0.485 e. The smallest absolute Gasteiger partial charge is 0.233 e. The van der Waals surface area contributed by atoms with Gasteiger partial charge in [0.1, 0.15) is 12.4 Å². The van der Waals surface area contributed by atoms with Crippen molar-refractivity contribution < 1.29 is 9.53 Å². The van der Waals surface area contributed by atoms with Gasteiger partial charge in [-0.3, -0.25) is 4.79 Å². The van der Waals surface area contributed by atoms with Crippen molar-refractivity contribution in [2.75, 3.05) is 18.6 Å². The van der Waals surface area contributed by atoms with Crippen molar-refractivity contribution >= 4 is 29.3 Å². The Kier molecular flexibility index (Phi) is 7.23. The van der Waals surface area contributed by atoms with Crippen molar-refractivity contribution in [1.82, 2.24) is 19.8 Å². The lowest BCUT2D eigenvalue weighted by Crippen LogP contribution is -2.28. The molecule has 30 heavy (non-hydrogen) atoms. The van der Waals surface area contributed by atoms with Gasteiger partial charge in [0, 0.05) is 18.6 Å². The number of aromatic nitrogens is 3. The highest BCUT2D eigenvalue weighted by atomic mass is 35.5. The fourth-order valence-corrected chi connectivity index (χ4v) is 3.93. The minimum Gasteiger partial charge on any atom is -0.485 e. The van der Waals surface area contributed by atoms with Crippen molar-refractivity contribution in [2.45, 2.75) is 32.2 Å². The lowest BCUT2D eigenvalue weighted by molar-refractivity contribution is -0.127. The number of hydrogen-bond acceptors (Lipinski definition) is 6. The number of ether oxygens (including phenoxy) is 1. The zero-order valence-electron chi connectivity index (χ0n) is 17.1. The molecule has 2 aromatic carbocycles. The highest BCUT2D eigenvalue weighted by Gasteiger charge is 2.16. The third kappa shape index (κ3) is 5.46. The molecule has 3 aromatic rings. The number of carbonyl (C=O) groups is 1. The van der Waals surface area contributed by atoms with Gasteiger partial charge < -0.3 is 15.5 Å². The van der Waals surface area contributed by atoms with Crippen molar-refractivity contribution in [3.8, 4) is 5.75 Å². The summed E-state index contributed by atoms with van der Waals surface area (Å²) in [6.07, 6.45) is 0. The van der Waals surface area contributed by atoms with E-state index in [1.807, 2.05) is 50.2 Å². The number of halogens is 1. The molecule has 0 fully saturated rings. The topological polar surface area (TPSA) is 86.3 Å². The number of thioether (sulfide) groups is 1. The van der Waals surface area contributed by atoms with E-state index in [4.69, 9.17) is 22.2 Å². The van der Waals surface area contributed by atoms with E-state index in [2.05, 4.69) is 10.2 Å². The third-order valence-electron chi connectivity index (χ3n) is 4.55. The van der Waals surface area contributed by atoms with Gasteiger partial charge in [0.2, 0.25) is 11.1 Å². The van der Waals surface area contributed by atoms with Crippen LogP contribution in [0.3, 0.4) is 0 Å². The quantitative estimate of drug-likeness (QED) is 0.421. The number of aryl methyl sites for hydroxylation is 2. The number of para-hydroxylation sites is 1. The van der Waals surface area contributed by atoms with Gasteiger partial charge in [-0.15, -0.1) is 10.2 Å². The molecule has 0 aliphatic rings. The van der Waals surface area contributed by atoms with Crippen LogP contribution in [-0.4, -0.2) is 38.5 Å². The maximum atomic E-state index is 12.5. The predicted molar refractivity (Wildman–Crippen MR) is 119 cm³/mol. The van der Waals surface area contributed by atoms with E-state index in [1.165, 1.54) is 16.4 Å². The molecule has 0 saturated carbocycles. The number of rotatable bonds is 8. The van der Waals surface area contributed by atoms with Gasteiger partial charge in [-0.25, -0.2) is 4.68 Å². The summed E-state index contributed by atoms with van der Waals surface area (Å²) in [4.78, 5) is 14.1. The standard InChI is InChI=1S/C21H24ClN5O2S/c1-14-6-4-7-15(2)20(14)29-12-18-24-25-21(27(18)23)30-13-19(28)26(3)11-16-8-5-9-17(22)10-16/h4-10H,11-13,23H2,1-3H3. The molecule has 1 aromatic heterocycles. The molecule has 2 N–H and O–H groups in total. The Labute approximate surface area is 185 Å². The van der Waals surface area contributed by atoms with Crippen LogP contribution in [0.4, 0.5) is 0 Å². The monoisotopic (exact) mass is 445 g/mol. The second kappa shape index (κ2) is 9.86. The van der Waals surface area contributed by atoms with Gasteiger partial charge in [-0.1, -0.05) is 53.7 Å². The minimum absolute atomic E-state index is 0.0451. The first-order valence-corrected chi connectivity index (χ1v) is 10.7. The van der Waals surface area contributed by atoms with Gasteiger partial charge >= 0.3 is 0 Å². The lowest BCUT2D eigenvalue weighted by Gasteiger charge is -2.17. The molecule has 0 aliphatic heterocycles. The molecular weight excluding hydrogens is 422 g/mol. The van der Waals surface area contributed by atoms with Crippen LogP contribution in [0.5, 0.6) is 5.75 Å². The van der Waals surface area contributed by atoms with Crippen molar-refractivity contribution in [3.63, 3.8) is 0 Å². The van der Waals surface area contributed by atoms with Crippen molar-refractivity contribution in [3.05, 3.63) is 70.0 Å². The number of nitrogens with two attached hydrogens (primary N) is 1. The number of carbonyl (C=O) groups excluding carboxylic acids is 1. The summed E-state index contributed by atoms with van der Waals surface area (Å²) < 4.78 is 7.25. The first-order valence-electron chi connectivity index (χ1n) is 9.34. The SMILES string of the molecule is Cc1cccc(C)c1OCc1nnc(SCC(=O)N(C)Cc2cccc(Cl)c2)n1N. The van der Waals surface area contributed by atoms with Gasteiger partial charge in [-0.05, 0) is 42.7 Å². The summed E-state index contributed by atoms with van der Waals surface area (Å²) in [6, 6.07) is 13.4. The molecule has 0 atom stereocenters. The first kappa shape index (κ1) is 22.0. The Bertz CT molecular complexity index is 1020. The summed E-state index contributed by atoms with van der Waals surface area (Å²) in [7, 11) is 1.75. The maximum absolute atomic E-state index is 12.5. The third-order valence-corrected chi connectivity index (χ3v) is 5.71. The Morgan fingerprint density at radius 3 is 2.60 bits per heavy atom. The molecule has 3 rings (SSSR count). The van der Waals surface area contributed by atoms with Crippen LogP contribution in [0.15, 0.2) is 47.6 Å². The van der Waals surface area contributed by atoms with Gasteiger partial charge in [-0.2, -0.15) is 0 Å². The fourth-order valence-electron chi connectivity index (χ4n) is 2.90. The van der Waals surface area contributed by atoms with E-state index in [0.29, 0.717) is 22.5 Å². The Balaban J connectivity index is 1.55. The highest BCUT2D eigenvalue weighted by molar-refractivity contribution is 7.99. The van der Waals surface area contributed by atoms with Crippen LogP contribution >= 0.6 is 23.4 Å². The summed E-state index contributed by atoms with van der Waals surface area (Å²) in [5.74, 6) is 7.55. The summed E-state index contributed by atoms with van der Waals surface area (Å²) in [5, 5.41) is 9.28. The van der Waals surface area contributed by atoms with Crippen molar-refractivity contribution in [1.29, 1.82) is 0 Å². The number of benzene rings is 2. The fraction of sp³-hybridized carbons (Fsp3) is 0.286. The number of hydrogen-bond donors (Lipinski definition) is 1. The molecule has 0 spiro atoms. The van der Waals surface area contributed by atoms with E-state index >= 15 is 0 Å². The Morgan fingerprint density at radius 1 is 1.20 bits per heavy atom. The summed E-state index contributed by atoms with van der Waals surface area (Å²) in [5.41, 5.74) is 3.05. The number of amides is 1. The molecule has 0 bridgehead atoms. The van der Waals surface area contributed by atoms with E-state index < -0.39 is 0 Å². The number of nitrogens with zero attached hydrogens (tertiary/aromatic N) is 4. The normalized spacial score (nSPS) is 10.8. The average molecular weight is 446 g/mol. The molecule has 0 saturated heterocycles. The van der Waals surface area contributed by atoms with Gasteiger partial charge in [0.25, 0.3) is 0 Å². The van der Waals surface area contributed by atoms with Crippen LogP contribution in [0.25, 0.3) is 0 Å². The van der Waals surface area contributed by atoms with E-state index in [-0.39, 0.29) is 18.3 Å². The molecule has 1 heterocycles. The summed E-state index contributed by atoms with van der Waals surface area (Å²) in [6.45, 7) is 4.65. The van der Waals surface area contributed by atoms with E-state index in [1.54, 1.807) is 18.0 Å². The van der Waals surface area contributed by atoms with E-state index in [0.717, 1.165) is 22.4 Å². The molecule has 0 aliphatic carbocycles. The van der Waals surface area contributed by atoms with Crippen LogP contribution in [0.2, 0.25) is 5.02 Å². The molecule has 0 unspecified atom stereocenters. The van der Waals surface area contributed by atoms with Crippen LogP contribution in [-0.2, 0) is 17.9 Å². The Hall–Kier alpha value is -2.71. The molecule has 0 radical (unpaired) electrons. The first-order chi connectivity index (χ1) is 14.3. The molecule has 9 heteroatoms. The highest BCUT2D eigenvalue weighted by Crippen LogP contribution is 2.24. The molecule has 1 amide bonds. The van der Waals surface area contributed by atoms with E-state index in [9.17, 15) is 4.79 Å². The second-order valence-electron chi connectivity index (χ2n) is 6.95. The summed E-state index contributed by atoms with van der Waals surface area (Å²) >= 11 is 7.24.